The highest BCUT2D eigenvalue weighted by Gasteiger charge is 2.46. The summed E-state index contributed by atoms with van der Waals surface area (Å²) in [4.78, 5) is 28.2. The molecule has 2 bridgehead atoms. The molecule has 138 valence electrons. The van der Waals surface area contributed by atoms with Gasteiger partial charge in [0.2, 0.25) is 5.91 Å². The van der Waals surface area contributed by atoms with E-state index >= 15 is 0 Å². The van der Waals surface area contributed by atoms with Gasteiger partial charge in [-0.1, -0.05) is 0 Å². The number of hydrogen-bond acceptors (Lipinski definition) is 5. The fourth-order valence-corrected chi connectivity index (χ4v) is 5.00. The van der Waals surface area contributed by atoms with Crippen molar-refractivity contribution >= 4 is 12.0 Å². The Bertz CT molecular complexity index is 597. The standard InChI is InChI=1S/C18H27N3O4/c1-2-25-17(23)21-13-3-4-14(21)10-15(9-13)19-7-5-18(6-8-19)11-16(22)20(24)12-18/h9,13-14,24H,2-8,10-12H2,1H3/t13-,14?/m1/s1. The van der Waals surface area contributed by atoms with Crippen LogP contribution in [0.3, 0.4) is 0 Å². The second kappa shape index (κ2) is 6.20. The zero-order chi connectivity index (χ0) is 17.6. The van der Waals surface area contributed by atoms with Crippen LogP contribution in [0.2, 0.25) is 0 Å². The number of likely N-dealkylation sites (tertiary alicyclic amines) is 1. The Morgan fingerprint density at radius 3 is 2.72 bits per heavy atom. The van der Waals surface area contributed by atoms with E-state index in [1.165, 1.54) is 5.70 Å². The lowest BCUT2D eigenvalue weighted by molar-refractivity contribution is -0.157. The lowest BCUT2D eigenvalue weighted by atomic mass is 9.77. The van der Waals surface area contributed by atoms with Crippen LogP contribution in [0.15, 0.2) is 11.8 Å². The van der Waals surface area contributed by atoms with Gasteiger partial charge < -0.3 is 9.64 Å². The van der Waals surface area contributed by atoms with Crippen molar-refractivity contribution in [2.75, 3.05) is 26.2 Å². The Morgan fingerprint density at radius 1 is 1.36 bits per heavy atom. The third-order valence-electron chi connectivity index (χ3n) is 6.38. The minimum absolute atomic E-state index is 0.0481. The summed E-state index contributed by atoms with van der Waals surface area (Å²) in [5, 5.41) is 10.5. The van der Waals surface area contributed by atoms with Gasteiger partial charge in [-0.25, -0.2) is 9.86 Å². The van der Waals surface area contributed by atoms with Crippen LogP contribution in [0, 0.1) is 5.41 Å². The molecule has 0 aromatic heterocycles. The molecule has 2 atom stereocenters. The maximum absolute atomic E-state index is 12.2. The predicted octanol–water partition coefficient (Wildman–Crippen LogP) is 1.97. The van der Waals surface area contributed by atoms with Gasteiger partial charge in [0.25, 0.3) is 0 Å². The molecule has 1 spiro atoms. The van der Waals surface area contributed by atoms with Crippen molar-refractivity contribution in [1.82, 2.24) is 14.9 Å². The highest BCUT2D eigenvalue weighted by atomic mass is 16.6. The van der Waals surface area contributed by atoms with E-state index in [-0.39, 0.29) is 29.5 Å². The molecule has 7 heteroatoms. The highest BCUT2D eigenvalue weighted by molar-refractivity contribution is 5.78. The van der Waals surface area contributed by atoms with Gasteiger partial charge >= 0.3 is 6.09 Å². The minimum atomic E-state index is -0.185. The third kappa shape index (κ3) is 2.88. The van der Waals surface area contributed by atoms with E-state index in [1.54, 1.807) is 0 Å². The monoisotopic (exact) mass is 349 g/mol. The highest BCUT2D eigenvalue weighted by Crippen LogP contribution is 2.43. The maximum Gasteiger partial charge on any atom is 0.410 e. The number of fused-ring (bicyclic) bond motifs is 2. The minimum Gasteiger partial charge on any atom is -0.450 e. The van der Waals surface area contributed by atoms with Crippen LogP contribution in [-0.2, 0) is 9.53 Å². The van der Waals surface area contributed by atoms with Crippen molar-refractivity contribution in [3.8, 4) is 0 Å². The molecular weight excluding hydrogens is 322 g/mol. The molecule has 4 aliphatic heterocycles. The number of hydroxylamine groups is 2. The molecule has 0 saturated carbocycles. The van der Waals surface area contributed by atoms with Crippen LogP contribution in [0.25, 0.3) is 0 Å². The van der Waals surface area contributed by atoms with Crippen molar-refractivity contribution in [2.24, 2.45) is 5.41 Å². The van der Waals surface area contributed by atoms with Gasteiger partial charge in [-0.2, -0.15) is 0 Å². The van der Waals surface area contributed by atoms with Crippen LogP contribution in [0.4, 0.5) is 4.79 Å². The molecule has 3 saturated heterocycles. The lowest BCUT2D eigenvalue weighted by Gasteiger charge is -2.43. The Balaban J connectivity index is 1.41. The van der Waals surface area contributed by atoms with Crippen LogP contribution in [0.5, 0.6) is 0 Å². The Morgan fingerprint density at radius 2 is 2.12 bits per heavy atom. The van der Waals surface area contributed by atoms with Crippen LogP contribution in [0.1, 0.15) is 45.4 Å². The number of rotatable bonds is 2. The summed E-state index contributed by atoms with van der Waals surface area (Å²) in [5.74, 6) is -0.145. The number of carbonyl (C=O) groups is 2. The molecule has 0 aliphatic carbocycles. The van der Waals surface area contributed by atoms with Gasteiger partial charge in [-0.3, -0.25) is 14.9 Å². The molecule has 2 amide bonds. The van der Waals surface area contributed by atoms with Gasteiger partial charge in [-0.15, -0.1) is 0 Å². The fraction of sp³-hybridized carbons (Fsp3) is 0.778. The summed E-state index contributed by atoms with van der Waals surface area (Å²) in [6.45, 7) is 4.58. The maximum atomic E-state index is 12.2. The Hall–Kier alpha value is -1.76. The summed E-state index contributed by atoms with van der Waals surface area (Å²) in [5.41, 5.74) is 1.29. The Kier molecular flexibility index (Phi) is 4.14. The predicted molar refractivity (Wildman–Crippen MR) is 89.7 cm³/mol. The van der Waals surface area contributed by atoms with E-state index in [9.17, 15) is 14.8 Å². The van der Waals surface area contributed by atoms with Crippen molar-refractivity contribution in [1.29, 1.82) is 0 Å². The zero-order valence-electron chi connectivity index (χ0n) is 14.8. The molecule has 1 N–H and O–H groups in total. The first-order chi connectivity index (χ1) is 12.0. The molecule has 3 fully saturated rings. The average Bonchev–Trinajstić information content (AvgIpc) is 3.01. The largest absolute Gasteiger partial charge is 0.450 e. The molecular formula is C18H27N3O4. The summed E-state index contributed by atoms with van der Waals surface area (Å²) in [6, 6.07) is 0.408. The number of hydrogen-bond donors (Lipinski definition) is 1. The SMILES string of the molecule is CCOC(=O)N1C2CC[C@@H]1C=C(N1CCC3(CC1)CC(=O)N(O)C3)C2. The normalized spacial score (nSPS) is 30.9. The van der Waals surface area contributed by atoms with Crippen molar-refractivity contribution in [2.45, 2.75) is 57.5 Å². The molecule has 7 nitrogen and oxygen atoms in total. The van der Waals surface area contributed by atoms with E-state index in [4.69, 9.17) is 4.74 Å². The summed E-state index contributed by atoms with van der Waals surface area (Å²) in [7, 11) is 0. The molecule has 4 rings (SSSR count). The first-order valence-electron chi connectivity index (χ1n) is 9.41. The molecule has 1 unspecified atom stereocenters. The van der Waals surface area contributed by atoms with Gasteiger partial charge in [0, 0.05) is 43.1 Å². The second-order valence-electron chi connectivity index (χ2n) is 7.88. The van der Waals surface area contributed by atoms with E-state index in [1.807, 2.05) is 11.8 Å². The average molecular weight is 349 g/mol. The molecule has 4 aliphatic rings. The first-order valence-corrected chi connectivity index (χ1v) is 9.41. The van der Waals surface area contributed by atoms with Crippen molar-refractivity contribution < 1.29 is 19.5 Å². The van der Waals surface area contributed by atoms with Crippen LogP contribution < -0.4 is 0 Å². The van der Waals surface area contributed by atoms with Gasteiger partial charge in [-0.05, 0) is 38.7 Å². The zero-order valence-corrected chi connectivity index (χ0v) is 14.8. The molecule has 25 heavy (non-hydrogen) atoms. The summed E-state index contributed by atoms with van der Waals surface area (Å²) >= 11 is 0. The van der Waals surface area contributed by atoms with Crippen LogP contribution >= 0.6 is 0 Å². The smallest absolute Gasteiger partial charge is 0.410 e. The molecule has 4 heterocycles. The molecule has 0 aromatic carbocycles. The second-order valence-corrected chi connectivity index (χ2v) is 7.88. The van der Waals surface area contributed by atoms with Crippen molar-refractivity contribution in [3.63, 3.8) is 0 Å². The number of carbonyl (C=O) groups excluding carboxylic acids is 2. The fourth-order valence-electron chi connectivity index (χ4n) is 5.00. The van der Waals surface area contributed by atoms with E-state index < -0.39 is 0 Å². The molecule has 0 radical (unpaired) electrons. The van der Waals surface area contributed by atoms with Crippen LogP contribution in [-0.4, -0.2) is 70.4 Å². The first kappa shape index (κ1) is 16.7. The van der Waals surface area contributed by atoms with Gasteiger partial charge in [0.1, 0.15) is 0 Å². The quantitative estimate of drug-likeness (QED) is 0.772. The number of amides is 2. The van der Waals surface area contributed by atoms with E-state index in [0.717, 1.165) is 50.3 Å². The third-order valence-corrected chi connectivity index (χ3v) is 6.38. The lowest BCUT2D eigenvalue weighted by Crippen LogP contribution is -2.47. The Labute approximate surface area is 148 Å². The summed E-state index contributed by atoms with van der Waals surface area (Å²) in [6.07, 6.45) is 7.35. The number of nitrogens with zero attached hydrogens (tertiary/aromatic N) is 3. The topological polar surface area (TPSA) is 73.3 Å². The van der Waals surface area contributed by atoms with Gasteiger partial charge in [0.15, 0.2) is 0 Å². The van der Waals surface area contributed by atoms with Gasteiger partial charge in [0.05, 0.1) is 19.2 Å². The number of ether oxygens (including phenoxy) is 1. The number of piperidine rings is 1. The summed E-state index contributed by atoms with van der Waals surface area (Å²) < 4.78 is 5.21. The van der Waals surface area contributed by atoms with E-state index in [2.05, 4.69) is 11.0 Å². The molecule has 0 aromatic rings. The van der Waals surface area contributed by atoms with Crippen molar-refractivity contribution in [3.05, 3.63) is 11.8 Å². The van der Waals surface area contributed by atoms with E-state index in [0.29, 0.717) is 19.6 Å².